The summed E-state index contributed by atoms with van der Waals surface area (Å²) in [5.41, 5.74) is -2.10. The molecule has 4 aliphatic carbocycles. The van der Waals surface area contributed by atoms with Gasteiger partial charge < -0.3 is 20.3 Å². The fourth-order valence-electron chi connectivity index (χ4n) is 8.20. The molecule has 0 spiro atoms. The maximum atomic E-state index is 13.4. The normalized spacial score (nSPS) is 49.4. The summed E-state index contributed by atoms with van der Waals surface area (Å²) in [6.45, 7) is 12.5. The lowest BCUT2D eigenvalue weighted by molar-refractivity contribution is -0.205. The topological polar surface area (TPSA) is 95.9 Å². The molecule has 8 atom stereocenters. The monoisotopic (exact) mass is 507 g/mol. The van der Waals surface area contributed by atoms with Crippen LogP contribution in [0.2, 0.25) is 0 Å². The largest absolute Gasteiger partial charge is 0.461 e. The van der Waals surface area contributed by atoms with Gasteiger partial charge in [-0.15, -0.1) is 18.3 Å². The van der Waals surface area contributed by atoms with E-state index in [-0.39, 0.29) is 40.7 Å². The number of esters is 1. The van der Waals surface area contributed by atoms with E-state index in [9.17, 15) is 19.8 Å². The summed E-state index contributed by atoms with van der Waals surface area (Å²) in [6.07, 6.45) is 5.76. The van der Waals surface area contributed by atoms with Crippen LogP contribution in [0.4, 0.5) is 0 Å². The molecule has 3 N–H and O–H groups in total. The van der Waals surface area contributed by atoms with E-state index in [1.807, 2.05) is 20.0 Å². The lowest BCUT2D eigenvalue weighted by atomic mass is 9.44. The third-order valence-corrected chi connectivity index (χ3v) is 12.0. The van der Waals surface area contributed by atoms with Crippen LogP contribution in [0.1, 0.15) is 72.6 Å². The second-order valence-electron chi connectivity index (χ2n) is 12.7. The second-order valence-corrected chi connectivity index (χ2v) is 13.7. The average molecular weight is 508 g/mol. The summed E-state index contributed by atoms with van der Waals surface area (Å²) in [4.78, 5) is 26.6. The number of aliphatic hydroxyl groups excluding tert-OH is 1. The predicted molar refractivity (Wildman–Crippen MR) is 139 cm³/mol. The van der Waals surface area contributed by atoms with Crippen molar-refractivity contribution in [1.82, 2.24) is 5.32 Å². The molecule has 0 aromatic heterocycles. The number of hydrogen-bond donors (Lipinski definition) is 3. The van der Waals surface area contributed by atoms with Gasteiger partial charge in [-0.25, -0.2) is 0 Å². The first-order valence-electron chi connectivity index (χ1n) is 13.4. The first kappa shape index (κ1) is 27.2. The number of rotatable bonds is 7. The Morgan fingerprint density at radius 2 is 1.94 bits per heavy atom. The van der Waals surface area contributed by atoms with Crippen LogP contribution in [0.15, 0.2) is 12.7 Å². The van der Waals surface area contributed by atoms with Gasteiger partial charge in [-0.2, -0.15) is 0 Å². The zero-order chi connectivity index (χ0) is 25.8. The summed E-state index contributed by atoms with van der Waals surface area (Å²) in [6, 6.07) is 0.338. The second kappa shape index (κ2) is 9.45. The highest BCUT2D eigenvalue weighted by atomic mass is 32.2. The van der Waals surface area contributed by atoms with Gasteiger partial charge in [-0.3, -0.25) is 9.59 Å². The SMILES string of the molecule is C=C[C@]1(C)C[C@@H](OC(=O)CSCC2(O)CC(NC)C2)[C@]2(C)C(C)CC[C@]3(CCC(=O)C32)[C@@H](C)[C@@H]1O. The molecule has 0 aliphatic heterocycles. The zero-order valence-corrected chi connectivity index (χ0v) is 23.0. The molecule has 4 fully saturated rings. The van der Waals surface area contributed by atoms with Crippen molar-refractivity contribution in [2.75, 3.05) is 18.6 Å². The van der Waals surface area contributed by atoms with E-state index in [2.05, 4.69) is 32.7 Å². The highest BCUT2D eigenvalue weighted by Gasteiger charge is 2.68. The molecule has 4 saturated carbocycles. The fourth-order valence-corrected chi connectivity index (χ4v) is 9.15. The molecule has 6 nitrogen and oxygen atoms in total. The number of ether oxygens (including phenoxy) is 1. The molecule has 0 aromatic rings. The van der Waals surface area contributed by atoms with Gasteiger partial charge in [0.2, 0.25) is 0 Å². The molecule has 198 valence electrons. The van der Waals surface area contributed by atoms with Crippen LogP contribution >= 0.6 is 11.8 Å². The van der Waals surface area contributed by atoms with Gasteiger partial charge in [0.05, 0.1) is 17.5 Å². The molecule has 35 heavy (non-hydrogen) atoms. The van der Waals surface area contributed by atoms with Gasteiger partial charge in [0.25, 0.3) is 0 Å². The van der Waals surface area contributed by atoms with Gasteiger partial charge in [0, 0.05) is 35.0 Å². The van der Waals surface area contributed by atoms with Crippen molar-refractivity contribution in [3.8, 4) is 0 Å². The lowest BCUT2D eigenvalue weighted by Crippen LogP contribution is -2.63. The number of ketones is 1. The van der Waals surface area contributed by atoms with E-state index >= 15 is 0 Å². The van der Waals surface area contributed by atoms with Crippen LogP contribution in [0, 0.1) is 34.0 Å². The Hall–Kier alpha value is -0.890. The maximum Gasteiger partial charge on any atom is 0.316 e. The van der Waals surface area contributed by atoms with Crippen LogP contribution in [-0.4, -0.2) is 64.4 Å². The molecule has 7 heteroatoms. The number of thioether (sulfide) groups is 1. The van der Waals surface area contributed by atoms with E-state index in [4.69, 9.17) is 4.74 Å². The van der Waals surface area contributed by atoms with Crippen LogP contribution in [0.5, 0.6) is 0 Å². The Kier molecular flexibility index (Phi) is 7.33. The fraction of sp³-hybridized carbons (Fsp3) is 0.857. The minimum atomic E-state index is -0.722. The first-order valence-corrected chi connectivity index (χ1v) is 14.5. The number of nitrogens with one attached hydrogen (secondary N) is 1. The number of carbonyl (C=O) groups is 2. The van der Waals surface area contributed by atoms with Gasteiger partial charge in [-0.1, -0.05) is 33.8 Å². The predicted octanol–water partition coefficient (Wildman–Crippen LogP) is 3.74. The molecule has 0 radical (unpaired) electrons. The third-order valence-electron chi connectivity index (χ3n) is 10.8. The first-order chi connectivity index (χ1) is 16.3. The van der Waals surface area contributed by atoms with E-state index in [0.717, 1.165) is 19.3 Å². The van der Waals surface area contributed by atoms with Crippen molar-refractivity contribution in [3.05, 3.63) is 12.7 Å². The molecule has 0 aromatic carbocycles. The summed E-state index contributed by atoms with van der Waals surface area (Å²) < 4.78 is 6.26. The van der Waals surface area contributed by atoms with Gasteiger partial charge >= 0.3 is 5.97 Å². The van der Waals surface area contributed by atoms with E-state index in [1.165, 1.54) is 11.8 Å². The van der Waals surface area contributed by atoms with E-state index in [0.29, 0.717) is 37.5 Å². The average Bonchev–Trinajstić information content (AvgIpc) is 3.15. The van der Waals surface area contributed by atoms with Crippen molar-refractivity contribution in [3.63, 3.8) is 0 Å². The van der Waals surface area contributed by atoms with Gasteiger partial charge in [0.15, 0.2) is 0 Å². The molecule has 2 unspecified atom stereocenters. The maximum absolute atomic E-state index is 13.4. The smallest absolute Gasteiger partial charge is 0.316 e. The standard InChI is InChI=1S/C28H45NO5S/c1-7-25(4)14-21(34-22(31)15-35-16-27(33)12-19(13-27)29-6)26(5)17(2)8-10-28(18(3)24(25)32)11-9-20(30)23(26)28/h7,17-19,21,23-24,29,32-33H,1,8-16H2,2-6H3/t17?,18-,19?,21+,23?,24-,25+,26-,27?,28-/m0/s1. The van der Waals surface area contributed by atoms with E-state index < -0.39 is 28.6 Å². The van der Waals surface area contributed by atoms with Crippen molar-refractivity contribution >= 4 is 23.5 Å². The Bertz CT molecular complexity index is 858. The van der Waals surface area contributed by atoms with Crippen molar-refractivity contribution in [2.24, 2.45) is 34.0 Å². The Labute approximate surface area is 215 Å². The minimum absolute atomic E-state index is 0.0364. The van der Waals surface area contributed by atoms with Crippen LogP contribution < -0.4 is 5.32 Å². The number of hydrogen-bond acceptors (Lipinski definition) is 7. The molecule has 4 aliphatic rings. The Balaban J connectivity index is 1.58. The summed E-state index contributed by atoms with van der Waals surface area (Å²) >= 11 is 1.41. The third kappa shape index (κ3) is 4.32. The number of carbonyl (C=O) groups excluding carboxylic acids is 2. The minimum Gasteiger partial charge on any atom is -0.461 e. The summed E-state index contributed by atoms with van der Waals surface area (Å²) in [7, 11) is 1.90. The van der Waals surface area contributed by atoms with Crippen LogP contribution in [-0.2, 0) is 14.3 Å². The van der Waals surface area contributed by atoms with Crippen molar-refractivity contribution in [2.45, 2.75) is 96.5 Å². The zero-order valence-electron chi connectivity index (χ0n) is 22.1. The summed E-state index contributed by atoms with van der Waals surface area (Å²) in [5, 5.41) is 25.4. The molecule has 4 rings (SSSR count). The van der Waals surface area contributed by atoms with Gasteiger partial charge in [0.1, 0.15) is 11.9 Å². The summed E-state index contributed by atoms with van der Waals surface area (Å²) in [5.74, 6) is 0.603. The molecule has 0 heterocycles. The lowest BCUT2D eigenvalue weighted by Gasteiger charge is -2.61. The van der Waals surface area contributed by atoms with Crippen LogP contribution in [0.3, 0.4) is 0 Å². The quantitative estimate of drug-likeness (QED) is 0.357. The molecule has 2 bridgehead atoms. The molecule has 0 saturated heterocycles. The molecular weight excluding hydrogens is 462 g/mol. The molecule has 0 amide bonds. The molecular formula is C28H45NO5S. The number of aliphatic hydroxyl groups is 2. The Morgan fingerprint density at radius 1 is 1.26 bits per heavy atom. The van der Waals surface area contributed by atoms with E-state index in [1.54, 1.807) is 0 Å². The van der Waals surface area contributed by atoms with Crippen LogP contribution in [0.25, 0.3) is 0 Å². The highest BCUT2D eigenvalue weighted by molar-refractivity contribution is 8.00. The Morgan fingerprint density at radius 3 is 2.57 bits per heavy atom. The van der Waals surface area contributed by atoms with Crippen molar-refractivity contribution in [1.29, 1.82) is 0 Å². The van der Waals surface area contributed by atoms with Crippen molar-refractivity contribution < 1.29 is 24.5 Å². The highest BCUT2D eigenvalue weighted by Crippen LogP contribution is 2.68. The number of Topliss-reactive ketones (excluding diaryl/α,β-unsaturated/α-hetero) is 1. The van der Waals surface area contributed by atoms with Gasteiger partial charge in [-0.05, 0) is 62.8 Å².